The average Bonchev–Trinajstić information content (AvgIpc) is 3.53. The second-order valence-corrected chi connectivity index (χ2v) is 13.3. The minimum Gasteiger partial charge on any atom is -0.462 e. The Morgan fingerprint density at radius 2 is 0.976 bits per heavy atom. The molecule has 2 bridgehead atoms. The van der Waals surface area contributed by atoms with Crippen LogP contribution < -0.4 is 0 Å². The number of carbonyl (C=O) groups excluding carboxylic acids is 6. The zero-order valence-corrected chi connectivity index (χ0v) is 25.4. The fraction of sp³-hybridized carbons (Fsp3) is 0.800. The summed E-state index contributed by atoms with van der Waals surface area (Å²) in [4.78, 5) is 71.9. The molecule has 0 heterocycles. The maximum Gasteiger partial charge on any atom is 0.344 e. The monoisotopic (exact) mass is 596 g/mol. The maximum absolute atomic E-state index is 12.4. The molecule has 12 heteroatoms. The van der Waals surface area contributed by atoms with Crippen LogP contribution in [0, 0.1) is 23.7 Å². The van der Waals surface area contributed by atoms with Gasteiger partial charge in [0, 0.05) is 0 Å². The standard InChI is InChI=1S/C30H44O12/c1-29(2,3)41-27(35)15-37-23(31)7-9-25(33)39-18-13-19-17-11-21(20(19)14-18)22(12-17)40-26(34)10-8-24(32)38-16-28(36)42-30(4,5)6/h17-22H,7-16H2,1-6H3. The molecule has 3 fully saturated rings. The fourth-order valence-electron chi connectivity index (χ4n) is 6.24. The minimum absolute atomic E-state index is 0.143. The van der Waals surface area contributed by atoms with Gasteiger partial charge in [0.15, 0.2) is 13.2 Å². The van der Waals surface area contributed by atoms with E-state index in [0.717, 1.165) is 19.3 Å². The van der Waals surface area contributed by atoms with Crippen LogP contribution in [0.5, 0.6) is 0 Å². The van der Waals surface area contributed by atoms with E-state index in [1.165, 1.54) is 0 Å². The second kappa shape index (κ2) is 13.9. The van der Waals surface area contributed by atoms with E-state index in [0.29, 0.717) is 18.3 Å². The molecule has 3 saturated carbocycles. The van der Waals surface area contributed by atoms with Gasteiger partial charge in [-0.2, -0.15) is 0 Å². The largest absolute Gasteiger partial charge is 0.462 e. The molecule has 0 radical (unpaired) electrons. The van der Waals surface area contributed by atoms with Crippen molar-refractivity contribution in [2.45, 2.75) is 116 Å². The highest BCUT2D eigenvalue weighted by molar-refractivity contribution is 5.81. The van der Waals surface area contributed by atoms with Crippen LogP contribution in [-0.4, -0.2) is 72.4 Å². The first-order valence-corrected chi connectivity index (χ1v) is 14.6. The summed E-state index contributed by atoms with van der Waals surface area (Å²) in [6.45, 7) is 9.22. The summed E-state index contributed by atoms with van der Waals surface area (Å²) < 4.78 is 31.2. The Kier molecular flexibility index (Phi) is 11.0. The van der Waals surface area contributed by atoms with Crippen molar-refractivity contribution < 1.29 is 57.2 Å². The summed E-state index contributed by atoms with van der Waals surface area (Å²) in [5.74, 6) is -2.44. The number of rotatable bonds is 12. The Hall–Kier alpha value is -3.18. The van der Waals surface area contributed by atoms with Crippen LogP contribution in [0.1, 0.15) is 92.9 Å². The first-order chi connectivity index (χ1) is 19.5. The first-order valence-electron chi connectivity index (χ1n) is 14.6. The third-order valence-corrected chi connectivity index (χ3v) is 7.55. The van der Waals surface area contributed by atoms with Crippen LogP contribution >= 0.6 is 0 Å². The molecule has 42 heavy (non-hydrogen) atoms. The average molecular weight is 597 g/mol. The van der Waals surface area contributed by atoms with Crippen molar-refractivity contribution in [3.63, 3.8) is 0 Å². The van der Waals surface area contributed by atoms with E-state index >= 15 is 0 Å². The van der Waals surface area contributed by atoms with E-state index < -0.39 is 60.2 Å². The van der Waals surface area contributed by atoms with Gasteiger partial charge >= 0.3 is 35.8 Å². The zero-order chi connectivity index (χ0) is 31.2. The van der Waals surface area contributed by atoms with Crippen LogP contribution in [-0.2, 0) is 57.2 Å². The zero-order valence-electron chi connectivity index (χ0n) is 25.4. The van der Waals surface area contributed by atoms with E-state index in [9.17, 15) is 28.8 Å². The maximum atomic E-state index is 12.4. The van der Waals surface area contributed by atoms with E-state index in [1.807, 2.05) is 0 Å². The summed E-state index contributed by atoms with van der Waals surface area (Å²) in [6.07, 6.45) is 1.93. The minimum atomic E-state index is -0.685. The number of carbonyl (C=O) groups is 6. The quantitative estimate of drug-likeness (QED) is 0.240. The van der Waals surface area contributed by atoms with Crippen LogP contribution in [0.2, 0.25) is 0 Å². The summed E-state index contributed by atoms with van der Waals surface area (Å²) in [5.41, 5.74) is -1.37. The van der Waals surface area contributed by atoms with Crippen molar-refractivity contribution in [1.82, 2.24) is 0 Å². The van der Waals surface area contributed by atoms with Crippen molar-refractivity contribution in [3.8, 4) is 0 Å². The molecular weight excluding hydrogens is 552 g/mol. The number of hydrogen-bond acceptors (Lipinski definition) is 12. The molecule has 236 valence electrons. The normalized spacial score (nSPS) is 26.1. The Bertz CT molecular complexity index is 1040. The van der Waals surface area contributed by atoms with Gasteiger partial charge in [0.25, 0.3) is 0 Å². The Morgan fingerprint density at radius 1 is 0.524 bits per heavy atom. The number of ether oxygens (including phenoxy) is 6. The van der Waals surface area contributed by atoms with Crippen LogP contribution in [0.15, 0.2) is 0 Å². The van der Waals surface area contributed by atoms with Gasteiger partial charge in [-0.05, 0) is 90.9 Å². The molecule has 0 amide bonds. The molecule has 0 aromatic heterocycles. The molecule has 6 atom stereocenters. The third kappa shape index (κ3) is 10.6. The molecule has 3 rings (SSSR count). The van der Waals surface area contributed by atoms with Crippen LogP contribution in [0.3, 0.4) is 0 Å². The smallest absolute Gasteiger partial charge is 0.344 e. The third-order valence-electron chi connectivity index (χ3n) is 7.55. The van der Waals surface area contributed by atoms with Crippen molar-refractivity contribution in [2.75, 3.05) is 13.2 Å². The van der Waals surface area contributed by atoms with E-state index in [1.54, 1.807) is 41.5 Å². The van der Waals surface area contributed by atoms with E-state index in [2.05, 4.69) is 0 Å². The molecule has 0 aromatic rings. The lowest BCUT2D eigenvalue weighted by atomic mass is 9.80. The van der Waals surface area contributed by atoms with E-state index in [4.69, 9.17) is 28.4 Å². The Balaban J connectivity index is 1.32. The van der Waals surface area contributed by atoms with Gasteiger partial charge in [-0.15, -0.1) is 0 Å². The predicted molar refractivity (Wildman–Crippen MR) is 144 cm³/mol. The highest BCUT2D eigenvalue weighted by Gasteiger charge is 2.57. The van der Waals surface area contributed by atoms with Gasteiger partial charge in [-0.1, -0.05) is 0 Å². The molecule has 0 aromatic carbocycles. The number of esters is 6. The van der Waals surface area contributed by atoms with Gasteiger partial charge in [0.2, 0.25) is 0 Å². The molecule has 3 aliphatic rings. The van der Waals surface area contributed by atoms with Crippen molar-refractivity contribution in [2.24, 2.45) is 23.7 Å². The lowest BCUT2D eigenvalue weighted by molar-refractivity contribution is -0.167. The highest BCUT2D eigenvalue weighted by atomic mass is 16.6. The Morgan fingerprint density at radius 3 is 1.48 bits per heavy atom. The molecule has 0 saturated heterocycles. The molecule has 0 N–H and O–H groups in total. The summed E-state index contributed by atoms with van der Waals surface area (Å²) in [7, 11) is 0. The number of hydrogen-bond donors (Lipinski definition) is 0. The lowest BCUT2D eigenvalue weighted by Gasteiger charge is -2.30. The predicted octanol–water partition coefficient (Wildman–Crippen LogP) is 3.21. The molecule has 0 aliphatic heterocycles. The molecule has 6 unspecified atom stereocenters. The summed E-state index contributed by atoms with van der Waals surface area (Å²) in [6, 6.07) is 0. The molecular formula is C30H44O12. The summed E-state index contributed by atoms with van der Waals surface area (Å²) in [5, 5.41) is 0. The molecule has 3 aliphatic carbocycles. The van der Waals surface area contributed by atoms with Gasteiger partial charge in [0.05, 0.1) is 25.7 Å². The fourth-order valence-corrected chi connectivity index (χ4v) is 6.24. The van der Waals surface area contributed by atoms with E-state index in [-0.39, 0.29) is 49.7 Å². The SMILES string of the molecule is CC(C)(C)OC(=O)COC(=O)CCC(=O)OC1CC2C3CC(OC(=O)CCC(=O)OCC(=O)OC(C)(C)C)C(C3)C2C1. The summed E-state index contributed by atoms with van der Waals surface area (Å²) >= 11 is 0. The van der Waals surface area contributed by atoms with Crippen LogP contribution in [0.4, 0.5) is 0 Å². The van der Waals surface area contributed by atoms with Gasteiger partial charge in [-0.3, -0.25) is 19.2 Å². The lowest BCUT2D eigenvalue weighted by Crippen LogP contribution is -2.32. The van der Waals surface area contributed by atoms with Crippen molar-refractivity contribution >= 4 is 35.8 Å². The van der Waals surface area contributed by atoms with Gasteiger partial charge in [-0.25, -0.2) is 9.59 Å². The molecule has 12 nitrogen and oxygen atoms in total. The van der Waals surface area contributed by atoms with Crippen molar-refractivity contribution in [3.05, 3.63) is 0 Å². The second-order valence-electron chi connectivity index (χ2n) is 13.3. The highest BCUT2D eigenvalue weighted by Crippen LogP contribution is 2.60. The first kappa shape index (κ1) is 33.3. The van der Waals surface area contributed by atoms with Gasteiger partial charge in [0.1, 0.15) is 23.4 Å². The topological polar surface area (TPSA) is 158 Å². The van der Waals surface area contributed by atoms with Gasteiger partial charge < -0.3 is 28.4 Å². The Labute approximate surface area is 246 Å². The number of fused-ring (bicyclic) bond motifs is 5. The van der Waals surface area contributed by atoms with Crippen LogP contribution in [0.25, 0.3) is 0 Å². The molecule has 0 spiro atoms. The van der Waals surface area contributed by atoms with Crippen molar-refractivity contribution in [1.29, 1.82) is 0 Å².